The zero-order chi connectivity index (χ0) is 65.0. The Hall–Kier alpha value is -6.28. The SMILES string of the molecule is C#C.C=NC(=NCC/C(=C/C)N=CC)Nc1c(CNC2CCC(C)CC2)ncn1C1CC[C@@H](C)C1.CC.CC.CC.CC.CC=Nc1c(C)nc(NCCc2cn(C)cn2)nc1C[C@H]1CCC(C)C1.CCC(C=NC)=NC.CCC(C=NC)=NC. The van der Waals surface area contributed by atoms with Crippen molar-refractivity contribution in [2.24, 2.45) is 70.7 Å². The molecule has 3 saturated carbocycles. The Kier molecular flexibility index (Phi) is 53.1. The van der Waals surface area contributed by atoms with Gasteiger partial charge in [0.1, 0.15) is 11.5 Å². The average molecular weight is 1180 g/mol. The van der Waals surface area contributed by atoms with Gasteiger partial charge in [0.2, 0.25) is 11.9 Å². The molecular weight excluding hydrogens is 1050 g/mol. The first kappa shape index (κ1) is 82.9. The van der Waals surface area contributed by atoms with Gasteiger partial charge in [-0.15, -0.1) is 12.8 Å². The zero-order valence-electron chi connectivity index (χ0n) is 57.9. The molecule has 2 unspecified atom stereocenters. The van der Waals surface area contributed by atoms with E-state index in [2.05, 4.69) is 125 Å². The number of aromatic nitrogens is 6. The number of hydrogen-bond acceptors (Lipinski definition) is 13. The smallest absolute Gasteiger partial charge is 0.223 e. The molecule has 85 heavy (non-hydrogen) atoms. The van der Waals surface area contributed by atoms with E-state index in [1.54, 1.807) is 40.6 Å². The van der Waals surface area contributed by atoms with Crippen LogP contribution in [0.1, 0.15) is 223 Å². The number of nitrogens with zero attached hydrogens (tertiary/aromatic N) is 14. The van der Waals surface area contributed by atoms with Gasteiger partial charge in [-0.1, -0.05) is 103 Å². The molecule has 6 rings (SSSR count). The molecule has 0 radical (unpaired) electrons. The Morgan fingerprint density at radius 2 is 1.33 bits per heavy atom. The number of hydrogen-bond donors (Lipinski definition) is 3. The second kappa shape index (κ2) is 54.4. The Balaban J connectivity index is -0.00000114. The fourth-order valence-corrected chi connectivity index (χ4v) is 9.78. The monoisotopic (exact) mass is 1180 g/mol. The molecule has 3 aromatic rings. The van der Waals surface area contributed by atoms with Crippen LogP contribution in [0, 0.1) is 43.4 Å². The van der Waals surface area contributed by atoms with Crippen LogP contribution in [-0.4, -0.2) is 125 Å². The number of aliphatic imine (C=N–C) groups is 8. The van der Waals surface area contributed by atoms with Crippen LogP contribution >= 0.6 is 0 Å². The molecule has 0 amide bonds. The molecule has 3 aromatic heterocycles. The standard InChI is InChI=1S/C26H43N7.C20H30N6.2C6H12N2.4C2H6.C2H2/c1-6-21(28-7-2)14-15-29-26(27-5)32-25-24(17-30-22-11-8-19(3)9-12-22)31-18-33(25)23-13-10-20(4)16-23;1-5-21-19-15(3)24-20(22-9-8-17-12-26(4)13-23-17)25-18(19)11-16-7-6-14(2)10-16;2*1-4-6(8-3)5-7-2;5*1-2/h6-7,18-20,22-23,30H,5,8-17H2,1-4H3,(H,29,32);5,12-14,16H,6-11H2,1-4H3,(H,22,24,25);2*5H,4H2,1-3H3;4*1-2H3;1-2H/b21-6-,28-7?;;;;;;;;/t19?,20-,22?,23?;14?,16-;;;;;;;/m10......./s1. The highest BCUT2D eigenvalue weighted by molar-refractivity contribution is 6.30. The minimum atomic E-state index is 0.471. The molecule has 480 valence electrons. The van der Waals surface area contributed by atoms with Crippen molar-refractivity contribution in [3.05, 3.63) is 53.4 Å². The molecule has 0 aromatic carbocycles. The van der Waals surface area contributed by atoms with Crippen LogP contribution < -0.4 is 16.0 Å². The van der Waals surface area contributed by atoms with Crippen molar-refractivity contribution in [2.75, 3.05) is 51.9 Å². The van der Waals surface area contributed by atoms with Crippen molar-refractivity contribution in [1.82, 2.24) is 34.4 Å². The molecule has 0 aliphatic heterocycles. The Bertz CT molecular complexity index is 2370. The van der Waals surface area contributed by atoms with E-state index in [-0.39, 0.29) is 0 Å². The fraction of sp³-hybridized carbons (Fsp3) is 0.676. The van der Waals surface area contributed by atoms with E-state index in [0.717, 1.165) is 114 Å². The van der Waals surface area contributed by atoms with Crippen LogP contribution in [0.4, 0.5) is 17.5 Å². The van der Waals surface area contributed by atoms with Gasteiger partial charge < -0.3 is 25.1 Å². The molecule has 4 atom stereocenters. The summed E-state index contributed by atoms with van der Waals surface area (Å²) in [6, 6.07) is 1.05. The third-order valence-electron chi connectivity index (χ3n) is 14.1. The second-order valence-electron chi connectivity index (χ2n) is 20.2. The maximum absolute atomic E-state index is 4.82. The van der Waals surface area contributed by atoms with Gasteiger partial charge in [0.25, 0.3) is 0 Å². The summed E-state index contributed by atoms with van der Waals surface area (Å²) >= 11 is 0. The quantitative estimate of drug-likeness (QED) is 0.0568. The lowest BCUT2D eigenvalue weighted by molar-refractivity contribution is 0.306. The summed E-state index contributed by atoms with van der Waals surface area (Å²) in [5, 5.41) is 10.6. The predicted octanol–water partition coefficient (Wildman–Crippen LogP) is 16.3. The first-order chi connectivity index (χ1) is 41.3. The first-order valence-electron chi connectivity index (χ1n) is 32.1. The number of rotatable bonds is 20. The highest BCUT2D eigenvalue weighted by Gasteiger charge is 2.27. The lowest BCUT2D eigenvalue weighted by atomic mass is 9.87. The molecule has 3 heterocycles. The molecule has 0 bridgehead atoms. The zero-order valence-corrected chi connectivity index (χ0v) is 57.9. The first-order valence-corrected chi connectivity index (χ1v) is 32.1. The Morgan fingerprint density at radius 3 is 1.79 bits per heavy atom. The summed E-state index contributed by atoms with van der Waals surface area (Å²) in [5.41, 5.74) is 8.21. The van der Waals surface area contributed by atoms with E-state index in [1.807, 2.05) is 132 Å². The molecule has 3 aliphatic rings. The minimum Gasteiger partial charge on any atom is -0.354 e. The molecule has 0 spiro atoms. The van der Waals surface area contributed by atoms with Crippen molar-refractivity contribution >= 4 is 66.4 Å². The topological polar surface area (TPSA) is 196 Å². The lowest BCUT2D eigenvalue weighted by Gasteiger charge is -2.27. The van der Waals surface area contributed by atoms with Crippen LogP contribution in [0.3, 0.4) is 0 Å². The summed E-state index contributed by atoms with van der Waals surface area (Å²) < 4.78 is 4.27. The number of terminal acetylenes is 1. The minimum absolute atomic E-state index is 0.471. The maximum Gasteiger partial charge on any atom is 0.223 e. The van der Waals surface area contributed by atoms with Crippen molar-refractivity contribution < 1.29 is 0 Å². The molecular formula is C68H123N17. The van der Waals surface area contributed by atoms with Gasteiger partial charge in [-0.2, -0.15) is 0 Å². The number of anilines is 2. The summed E-state index contributed by atoms with van der Waals surface area (Å²) in [4.78, 5) is 52.0. The summed E-state index contributed by atoms with van der Waals surface area (Å²) in [6.45, 7) is 41.0. The van der Waals surface area contributed by atoms with Gasteiger partial charge in [0.05, 0.1) is 46.9 Å². The largest absolute Gasteiger partial charge is 0.354 e. The van der Waals surface area contributed by atoms with Gasteiger partial charge >= 0.3 is 0 Å². The van der Waals surface area contributed by atoms with Crippen LogP contribution in [-0.2, 0) is 26.4 Å². The molecule has 3 N–H and O–H groups in total. The van der Waals surface area contributed by atoms with E-state index in [0.29, 0.717) is 36.5 Å². The van der Waals surface area contributed by atoms with E-state index in [4.69, 9.17) is 9.97 Å². The molecule has 3 fully saturated rings. The number of allylic oxidation sites excluding steroid dienone is 1. The Morgan fingerprint density at radius 1 is 0.741 bits per heavy atom. The van der Waals surface area contributed by atoms with Crippen molar-refractivity contribution in [3.63, 3.8) is 0 Å². The number of guanidine groups is 1. The number of nitrogens with one attached hydrogen (secondary N) is 3. The van der Waals surface area contributed by atoms with E-state index in [9.17, 15) is 0 Å². The highest BCUT2D eigenvalue weighted by atomic mass is 15.2. The molecule has 0 saturated heterocycles. The maximum atomic E-state index is 4.82. The Labute approximate surface area is 520 Å². The van der Waals surface area contributed by atoms with Gasteiger partial charge in [-0.05, 0) is 135 Å². The third kappa shape index (κ3) is 35.1. The van der Waals surface area contributed by atoms with Crippen molar-refractivity contribution in [1.29, 1.82) is 0 Å². The lowest BCUT2D eigenvalue weighted by Crippen LogP contribution is -2.32. The van der Waals surface area contributed by atoms with Gasteiger partial charge in [0, 0.05) is 117 Å². The average Bonchev–Trinajstić information content (AvgIpc) is 4.19. The number of imidazole rings is 2. The summed E-state index contributed by atoms with van der Waals surface area (Å²) in [6.07, 6.45) is 40.3. The number of aryl methyl sites for hydroxylation is 2. The van der Waals surface area contributed by atoms with E-state index < -0.39 is 0 Å². The molecule has 3 aliphatic carbocycles. The van der Waals surface area contributed by atoms with E-state index >= 15 is 0 Å². The van der Waals surface area contributed by atoms with Crippen LogP contribution in [0.15, 0.2) is 70.6 Å². The van der Waals surface area contributed by atoms with Gasteiger partial charge in [-0.25, -0.2) is 24.9 Å². The molecule has 17 nitrogen and oxygen atoms in total. The normalized spacial score (nSPS) is 19.3. The van der Waals surface area contributed by atoms with Crippen LogP contribution in [0.2, 0.25) is 0 Å². The van der Waals surface area contributed by atoms with Gasteiger partial charge in [-0.3, -0.25) is 34.9 Å². The second-order valence-corrected chi connectivity index (χ2v) is 20.2. The highest BCUT2D eigenvalue weighted by Crippen LogP contribution is 2.38. The van der Waals surface area contributed by atoms with Crippen LogP contribution in [0.25, 0.3) is 0 Å². The van der Waals surface area contributed by atoms with Crippen molar-refractivity contribution in [3.8, 4) is 12.8 Å². The fourth-order valence-electron chi connectivity index (χ4n) is 9.78. The van der Waals surface area contributed by atoms with Gasteiger partial charge in [0.15, 0.2) is 0 Å². The third-order valence-corrected chi connectivity index (χ3v) is 14.1. The molecule has 17 heteroatoms. The summed E-state index contributed by atoms with van der Waals surface area (Å²) in [5.74, 6) is 5.41. The van der Waals surface area contributed by atoms with Crippen LogP contribution in [0.5, 0.6) is 0 Å². The van der Waals surface area contributed by atoms with Crippen molar-refractivity contribution in [2.45, 2.75) is 233 Å². The predicted molar refractivity (Wildman–Crippen MR) is 378 cm³/mol. The van der Waals surface area contributed by atoms with E-state index in [1.165, 1.54) is 64.2 Å². The summed E-state index contributed by atoms with van der Waals surface area (Å²) in [7, 11) is 9.04.